The monoisotopic (exact) mass is 272 g/mol. The van der Waals surface area contributed by atoms with E-state index in [2.05, 4.69) is 27.7 Å². The summed E-state index contributed by atoms with van der Waals surface area (Å²) < 4.78 is 0. The van der Waals surface area contributed by atoms with Gasteiger partial charge in [0.1, 0.15) is 0 Å². The number of carbonyl (C=O) groups is 1. The van der Waals surface area contributed by atoms with Crippen molar-refractivity contribution in [2.45, 2.75) is 59.4 Å². The molecule has 4 heteroatoms. The van der Waals surface area contributed by atoms with Crippen LogP contribution in [0.2, 0.25) is 0 Å². The standard InChI is InChI=1S/C15H32N2O2/c1-5-14(6-2)17(7-8-18)15(19)10-13(11-16)9-12(3)4/h12-14,18H,5-11,16H2,1-4H3/t13-/m0/s1. The molecule has 3 N–H and O–H groups in total. The molecule has 4 nitrogen and oxygen atoms in total. The second-order valence-corrected chi connectivity index (χ2v) is 5.72. The fourth-order valence-corrected chi connectivity index (χ4v) is 2.64. The van der Waals surface area contributed by atoms with Gasteiger partial charge in [0.2, 0.25) is 5.91 Å². The molecule has 0 aromatic rings. The molecule has 0 rings (SSSR count). The van der Waals surface area contributed by atoms with Gasteiger partial charge in [-0.1, -0.05) is 27.7 Å². The Morgan fingerprint density at radius 1 is 1.26 bits per heavy atom. The molecule has 0 aliphatic carbocycles. The van der Waals surface area contributed by atoms with Gasteiger partial charge in [0, 0.05) is 19.0 Å². The third kappa shape index (κ3) is 6.92. The normalized spacial score (nSPS) is 13.1. The van der Waals surface area contributed by atoms with Crippen LogP contribution in [0.5, 0.6) is 0 Å². The van der Waals surface area contributed by atoms with Gasteiger partial charge in [-0.05, 0) is 37.6 Å². The average Bonchev–Trinajstić information content (AvgIpc) is 2.37. The molecule has 0 spiro atoms. The maximum Gasteiger partial charge on any atom is 0.223 e. The fourth-order valence-electron chi connectivity index (χ4n) is 2.64. The van der Waals surface area contributed by atoms with E-state index in [9.17, 15) is 4.79 Å². The molecule has 1 atom stereocenters. The largest absolute Gasteiger partial charge is 0.395 e. The quantitative estimate of drug-likeness (QED) is 0.639. The first-order chi connectivity index (χ1) is 8.99. The summed E-state index contributed by atoms with van der Waals surface area (Å²) >= 11 is 0. The van der Waals surface area contributed by atoms with E-state index in [-0.39, 0.29) is 24.5 Å². The number of carbonyl (C=O) groups excluding carboxylic acids is 1. The molecule has 0 aromatic carbocycles. The molecule has 19 heavy (non-hydrogen) atoms. The predicted molar refractivity (Wildman–Crippen MR) is 79.8 cm³/mol. The summed E-state index contributed by atoms with van der Waals surface area (Å²) in [6.07, 6.45) is 3.35. The van der Waals surface area contributed by atoms with Gasteiger partial charge in [-0.2, -0.15) is 0 Å². The first-order valence-electron chi connectivity index (χ1n) is 7.60. The zero-order valence-corrected chi connectivity index (χ0v) is 13.1. The van der Waals surface area contributed by atoms with Crippen molar-refractivity contribution in [3.8, 4) is 0 Å². The number of amides is 1. The number of hydrogen-bond donors (Lipinski definition) is 2. The van der Waals surface area contributed by atoms with Crippen LogP contribution in [0, 0.1) is 11.8 Å². The molecule has 1 amide bonds. The number of nitrogens with zero attached hydrogens (tertiary/aromatic N) is 1. The van der Waals surface area contributed by atoms with E-state index in [1.165, 1.54) is 0 Å². The van der Waals surface area contributed by atoms with E-state index in [0.29, 0.717) is 25.4 Å². The Hall–Kier alpha value is -0.610. The van der Waals surface area contributed by atoms with Crippen molar-refractivity contribution in [1.82, 2.24) is 4.90 Å². The van der Waals surface area contributed by atoms with Crippen molar-refractivity contribution in [2.24, 2.45) is 17.6 Å². The number of hydrogen-bond acceptors (Lipinski definition) is 3. The lowest BCUT2D eigenvalue weighted by molar-refractivity contribution is -0.135. The number of rotatable bonds is 10. The van der Waals surface area contributed by atoms with Crippen LogP contribution in [0.4, 0.5) is 0 Å². The minimum Gasteiger partial charge on any atom is -0.395 e. The van der Waals surface area contributed by atoms with Crippen LogP contribution in [0.1, 0.15) is 53.4 Å². The zero-order chi connectivity index (χ0) is 14.8. The first kappa shape index (κ1) is 18.4. The SMILES string of the molecule is CCC(CC)N(CCO)C(=O)C[C@@H](CN)CC(C)C. The third-order valence-electron chi connectivity index (χ3n) is 3.65. The molecule has 0 aromatic heterocycles. The lowest BCUT2D eigenvalue weighted by Crippen LogP contribution is -2.42. The van der Waals surface area contributed by atoms with Crippen LogP contribution in [-0.2, 0) is 4.79 Å². The van der Waals surface area contributed by atoms with Crippen LogP contribution in [0.15, 0.2) is 0 Å². The fraction of sp³-hybridized carbons (Fsp3) is 0.933. The van der Waals surface area contributed by atoms with Crippen molar-refractivity contribution in [3.63, 3.8) is 0 Å². The van der Waals surface area contributed by atoms with Gasteiger partial charge in [-0.3, -0.25) is 4.79 Å². The minimum absolute atomic E-state index is 0.0275. The summed E-state index contributed by atoms with van der Waals surface area (Å²) in [6, 6.07) is 0.233. The smallest absolute Gasteiger partial charge is 0.223 e. The molecule has 0 aliphatic heterocycles. The Labute approximate surface area is 118 Å². The number of aliphatic hydroxyl groups excluding tert-OH is 1. The Morgan fingerprint density at radius 2 is 1.84 bits per heavy atom. The van der Waals surface area contributed by atoms with Gasteiger partial charge < -0.3 is 15.7 Å². The van der Waals surface area contributed by atoms with E-state index in [1.54, 1.807) is 0 Å². The van der Waals surface area contributed by atoms with Crippen LogP contribution >= 0.6 is 0 Å². The highest BCUT2D eigenvalue weighted by Crippen LogP contribution is 2.18. The second-order valence-electron chi connectivity index (χ2n) is 5.72. The van der Waals surface area contributed by atoms with Crippen molar-refractivity contribution in [2.75, 3.05) is 19.7 Å². The summed E-state index contributed by atoms with van der Waals surface area (Å²) in [6.45, 7) is 9.49. The molecular formula is C15H32N2O2. The van der Waals surface area contributed by atoms with Crippen LogP contribution < -0.4 is 5.73 Å². The summed E-state index contributed by atoms with van der Waals surface area (Å²) in [5, 5.41) is 9.14. The summed E-state index contributed by atoms with van der Waals surface area (Å²) in [7, 11) is 0. The molecule has 0 radical (unpaired) electrons. The molecule has 0 aliphatic rings. The van der Waals surface area contributed by atoms with Crippen LogP contribution in [0.3, 0.4) is 0 Å². The zero-order valence-electron chi connectivity index (χ0n) is 13.1. The summed E-state index contributed by atoms with van der Waals surface area (Å²) in [5.74, 6) is 0.947. The van der Waals surface area contributed by atoms with E-state index in [0.717, 1.165) is 19.3 Å². The van der Waals surface area contributed by atoms with Gasteiger partial charge in [0.25, 0.3) is 0 Å². The van der Waals surface area contributed by atoms with Gasteiger partial charge in [-0.15, -0.1) is 0 Å². The molecule has 0 bridgehead atoms. The van der Waals surface area contributed by atoms with Crippen molar-refractivity contribution < 1.29 is 9.90 Å². The third-order valence-corrected chi connectivity index (χ3v) is 3.65. The molecule has 0 unspecified atom stereocenters. The Morgan fingerprint density at radius 3 is 2.21 bits per heavy atom. The predicted octanol–water partition coefficient (Wildman–Crippen LogP) is 2.01. The van der Waals surface area contributed by atoms with Gasteiger partial charge >= 0.3 is 0 Å². The first-order valence-corrected chi connectivity index (χ1v) is 7.60. The highest BCUT2D eigenvalue weighted by molar-refractivity contribution is 5.76. The van der Waals surface area contributed by atoms with Crippen molar-refractivity contribution in [3.05, 3.63) is 0 Å². The second kappa shape index (κ2) is 10.2. The van der Waals surface area contributed by atoms with Crippen LogP contribution in [-0.4, -0.2) is 41.7 Å². The van der Waals surface area contributed by atoms with Crippen LogP contribution in [0.25, 0.3) is 0 Å². The summed E-state index contributed by atoms with van der Waals surface area (Å²) in [4.78, 5) is 14.2. The van der Waals surface area contributed by atoms with E-state index in [4.69, 9.17) is 10.8 Å². The minimum atomic E-state index is 0.0275. The summed E-state index contributed by atoms with van der Waals surface area (Å²) in [5.41, 5.74) is 5.76. The molecule has 0 saturated carbocycles. The van der Waals surface area contributed by atoms with Gasteiger partial charge in [-0.25, -0.2) is 0 Å². The van der Waals surface area contributed by atoms with E-state index < -0.39 is 0 Å². The molecular weight excluding hydrogens is 240 g/mol. The van der Waals surface area contributed by atoms with E-state index >= 15 is 0 Å². The van der Waals surface area contributed by atoms with Crippen molar-refractivity contribution >= 4 is 5.91 Å². The number of aliphatic hydroxyl groups is 1. The Balaban J connectivity index is 4.60. The highest BCUT2D eigenvalue weighted by atomic mass is 16.3. The number of nitrogens with two attached hydrogens (primary N) is 1. The highest BCUT2D eigenvalue weighted by Gasteiger charge is 2.23. The topological polar surface area (TPSA) is 66.6 Å². The van der Waals surface area contributed by atoms with E-state index in [1.807, 2.05) is 4.90 Å². The maximum atomic E-state index is 12.4. The van der Waals surface area contributed by atoms with Crippen molar-refractivity contribution in [1.29, 1.82) is 0 Å². The maximum absolute atomic E-state index is 12.4. The molecule has 0 saturated heterocycles. The Bertz CT molecular complexity index is 240. The average molecular weight is 272 g/mol. The lowest BCUT2D eigenvalue weighted by atomic mass is 9.93. The molecule has 0 fully saturated rings. The molecule has 114 valence electrons. The van der Waals surface area contributed by atoms with Gasteiger partial charge in [0.05, 0.1) is 6.61 Å². The Kier molecular flexibility index (Phi) is 9.88. The lowest BCUT2D eigenvalue weighted by Gasteiger charge is -2.31. The molecule has 0 heterocycles. The van der Waals surface area contributed by atoms with Gasteiger partial charge in [0.15, 0.2) is 0 Å².